The van der Waals surface area contributed by atoms with Crippen molar-refractivity contribution in [3.8, 4) is 11.4 Å². The van der Waals surface area contributed by atoms with E-state index in [1.807, 2.05) is 0 Å². The van der Waals surface area contributed by atoms with Crippen LogP contribution in [0.15, 0.2) is 34.9 Å². The molecule has 0 aliphatic rings. The summed E-state index contributed by atoms with van der Waals surface area (Å²) in [4.78, 5) is 17.7. The number of thiophene rings is 1. The molecule has 0 spiro atoms. The van der Waals surface area contributed by atoms with Crippen LogP contribution in [0.5, 0.6) is 0 Å². The van der Waals surface area contributed by atoms with Gasteiger partial charge in [0.05, 0.1) is 10.8 Å². The van der Waals surface area contributed by atoms with Crippen molar-refractivity contribution in [1.82, 2.24) is 19.7 Å². The van der Waals surface area contributed by atoms with Crippen molar-refractivity contribution in [3.63, 3.8) is 0 Å². The second-order valence-corrected chi connectivity index (χ2v) is 8.58. The Bertz CT molecular complexity index is 923. The molecule has 0 bridgehead atoms. The fourth-order valence-corrected chi connectivity index (χ4v) is 4.51. The Labute approximate surface area is 177 Å². The van der Waals surface area contributed by atoms with E-state index in [4.69, 9.17) is 11.6 Å². The van der Waals surface area contributed by atoms with Crippen LogP contribution in [0.4, 0.5) is 5.82 Å². The number of nitrogens with zero attached hydrogens (tertiary/aromatic N) is 4. The number of carbonyl (C=O) groups excluding carboxylic acids is 1. The molecule has 3 heterocycles. The van der Waals surface area contributed by atoms with Gasteiger partial charge in [-0.3, -0.25) is 4.79 Å². The molecule has 0 unspecified atom stereocenters. The largest absolute Gasteiger partial charge is 0.310 e. The molecule has 9 heteroatoms. The minimum absolute atomic E-state index is 0.145. The van der Waals surface area contributed by atoms with Crippen molar-refractivity contribution in [2.24, 2.45) is 0 Å². The highest BCUT2D eigenvalue weighted by Crippen LogP contribution is 2.28. The quantitative estimate of drug-likeness (QED) is 0.470. The van der Waals surface area contributed by atoms with Gasteiger partial charge < -0.3 is 9.88 Å². The van der Waals surface area contributed by atoms with Crippen LogP contribution >= 0.6 is 34.7 Å². The van der Waals surface area contributed by atoms with E-state index < -0.39 is 0 Å². The number of aromatic nitrogens is 4. The van der Waals surface area contributed by atoms with Gasteiger partial charge in [0, 0.05) is 28.6 Å². The number of carbonyl (C=O) groups is 1. The number of anilines is 1. The van der Waals surface area contributed by atoms with Crippen molar-refractivity contribution in [1.29, 1.82) is 0 Å². The lowest BCUT2D eigenvalue weighted by atomic mass is 10.2. The summed E-state index contributed by atoms with van der Waals surface area (Å²) in [6, 6.07) is 5.56. The summed E-state index contributed by atoms with van der Waals surface area (Å²) >= 11 is 8.95. The Morgan fingerprint density at radius 1 is 1.29 bits per heavy atom. The SMILES string of the molecule is CCCc1cc(-c2nnc(SCC(=O)Nc3ccc(Cl)cn3)n2CCC)cs1. The number of hydrogen-bond donors (Lipinski definition) is 1. The lowest BCUT2D eigenvalue weighted by Gasteiger charge is -2.08. The zero-order valence-corrected chi connectivity index (χ0v) is 18.2. The van der Waals surface area contributed by atoms with E-state index in [0.29, 0.717) is 10.8 Å². The molecular weight excluding hydrogens is 414 g/mol. The third-order valence-corrected chi connectivity index (χ3v) is 6.09. The molecule has 0 fully saturated rings. The highest BCUT2D eigenvalue weighted by atomic mass is 35.5. The molecule has 0 aromatic carbocycles. The Morgan fingerprint density at radius 3 is 2.86 bits per heavy atom. The molecule has 1 N–H and O–H groups in total. The topological polar surface area (TPSA) is 72.7 Å². The fourth-order valence-electron chi connectivity index (χ4n) is 2.67. The molecule has 0 atom stereocenters. The summed E-state index contributed by atoms with van der Waals surface area (Å²) in [5.74, 6) is 1.43. The highest BCUT2D eigenvalue weighted by molar-refractivity contribution is 7.99. The molecule has 0 aliphatic heterocycles. The zero-order chi connectivity index (χ0) is 19.9. The molecule has 6 nitrogen and oxygen atoms in total. The number of nitrogens with one attached hydrogen (secondary N) is 1. The second-order valence-electron chi connectivity index (χ2n) is 6.21. The maximum absolute atomic E-state index is 12.2. The molecule has 0 saturated carbocycles. The van der Waals surface area contributed by atoms with Gasteiger partial charge in [-0.05, 0) is 31.0 Å². The first-order valence-corrected chi connectivity index (χ1v) is 11.4. The Balaban J connectivity index is 1.68. The van der Waals surface area contributed by atoms with Gasteiger partial charge in [0.25, 0.3) is 0 Å². The average molecular weight is 436 g/mol. The summed E-state index contributed by atoms with van der Waals surface area (Å²) in [7, 11) is 0. The van der Waals surface area contributed by atoms with Gasteiger partial charge in [0.2, 0.25) is 5.91 Å². The molecule has 0 radical (unpaired) electrons. The summed E-state index contributed by atoms with van der Waals surface area (Å²) in [5, 5.41) is 14.9. The first-order valence-electron chi connectivity index (χ1n) is 9.15. The van der Waals surface area contributed by atoms with E-state index in [-0.39, 0.29) is 11.7 Å². The van der Waals surface area contributed by atoms with Gasteiger partial charge in [0.1, 0.15) is 5.82 Å². The molecule has 3 rings (SSSR count). The summed E-state index contributed by atoms with van der Waals surface area (Å²) in [5.41, 5.74) is 1.09. The number of amides is 1. The molecule has 3 aromatic rings. The number of rotatable bonds is 9. The van der Waals surface area contributed by atoms with Gasteiger partial charge in [-0.25, -0.2) is 4.98 Å². The van der Waals surface area contributed by atoms with Crippen molar-refractivity contribution >= 4 is 46.4 Å². The zero-order valence-electron chi connectivity index (χ0n) is 15.8. The van der Waals surface area contributed by atoms with Crippen LogP contribution in [0, 0.1) is 0 Å². The predicted molar refractivity (Wildman–Crippen MR) is 116 cm³/mol. The van der Waals surface area contributed by atoms with Gasteiger partial charge >= 0.3 is 0 Å². The van der Waals surface area contributed by atoms with Crippen molar-refractivity contribution < 1.29 is 4.79 Å². The number of pyridine rings is 1. The van der Waals surface area contributed by atoms with Crippen molar-refractivity contribution in [3.05, 3.63) is 39.7 Å². The van der Waals surface area contributed by atoms with Gasteiger partial charge in [0.15, 0.2) is 11.0 Å². The third-order valence-electron chi connectivity index (χ3n) is 3.90. The summed E-state index contributed by atoms with van der Waals surface area (Å²) < 4.78 is 2.09. The van der Waals surface area contributed by atoms with E-state index >= 15 is 0 Å². The standard InChI is InChI=1S/C19H22ClN5OS2/c1-3-5-15-9-13(11-27-15)18-23-24-19(25(18)8-4-2)28-12-17(26)22-16-7-6-14(20)10-21-16/h6-7,9-11H,3-5,8,12H2,1-2H3,(H,21,22,26). The van der Waals surface area contributed by atoms with Crippen LogP contribution in [0.2, 0.25) is 5.02 Å². The number of aryl methyl sites for hydroxylation is 1. The summed E-state index contributed by atoms with van der Waals surface area (Å²) in [6.45, 7) is 5.11. The first kappa shape index (κ1) is 20.8. The van der Waals surface area contributed by atoms with Crippen LogP contribution in [-0.2, 0) is 17.8 Å². The van der Waals surface area contributed by atoms with Gasteiger partial charge in [-0.15, -0.1) is 21.5 Å². The molecular formula is C19H22ClN5OS2. The third kappa shape index (κ3) is 5.33. The number of halogens is 1. The lowest BCUT2D eigenvalue weighted by Crippen LogP contribution is -2.15. The fraction of sp³-hybridized carbons (Fsp3) is 0.368. The van der Waals surface area contributed by atoms with Crippen molar-refractivity contribution in [2.45, 2.75) is 44.8 Å². The van der Waals surface area contributed by atoms with E-state index in [9.17, 15) is 4.79 Å². The van der Waals surface area contributed by atoms with Crippen LogP contribution < -0.4 is 5.32 Å². The maximum Gasteiger partial charge on any atom is 0.236 e. The minimum atomic E-state index is -0.145. The Kier molecular flexibility index (Phi) is 7.47. The smallest absolute Gasteiger partial charge is 0.236 e. The molecule has 148 valence electrons. The molecule has 0 aliphatic carbocycles. The molecule has 28 heavy (non-hydrogen) atoms. The van der Waals surface area contributed by atoms with Crippen molar-refractivity contribution in [2.75, 3.05) is 11.1 Å². The van der Waals surface area contributed by atoms with Crippen LogP contribution in [0.25, 0.3) is 11.4 Å². The van der Waals surface area contributed by atoms with E-state index in [0.717, 1.165) is 42.4 Å². The van der Waals surface area contributed by atoms with Gasteiger partial charge in [-0.2, -0.15) is 0 Å². The molecule has 0 saturated heterocycles. The Morgan fingerprint density at radius 2 is 2.14 bits per heavy atom. The number of hydrogen-bond acceptors (Lipinski definition) is 6. The van der Waals surface area contributed by atoms with Gasteiger partial charge in [-0.1, -0.05) is 43.6 Å². The van der Waals surface area contributed by atoms with E-state index in [1.54, 1.807) is 23.5 Å². The normalized spacial score (nSPS) is 11.0. The average Bonchev–Trinajstić information content (AvgIpc) is 3.29. The lowest BCUT2D eigenvalue weighted by molar-refractivity contribution is -0.113. The predicted octanol–water partition coefficient (Wildman–Crippen LogP) is 5.15. The van der Waals surface area contributed by atoms with Crippen LogP contribution in [-0.4, -0.2) is 31.4 Å². The molecule has 1 amide bonds. The van der Waals surface area contributed by atoms with Crippen LogP contribution in [0.3, 0.4) is 0 Å². The number of thioether (sulfide) groups is 1. The summed E-state index contributed by atoms with van der Waals surface area (Å²) in [6.07, 6.45) is 4.67. The Hall–Kier alpha value is -1.90. The monoisotopic (exact) mass is 435 g/mol. The second kappa shape index (κ2) is 10.0. The first-order chi connectivity index (χ1) is 13.6. The van der Waals surface area contributed by atoms with Crippen LogP contribution in [0.1, 0.15) is 31.6 Å². The molecule has 3 aromatic heterocycles. The van der Waals surface area contributed by atoms with E-state index in [1.165, 1.54) is 22.8 Å². The maximum atomic E-state index is 12.2. The van der Waals surface area contributed by atoms with E-state index in [2.05, 4.69) is 50.4 Å². The minimum Gasteiger partial charge on any atom is -0.310 e. The highest BCUT2D eigenvalue weighted by Gasteiger charge is 2.16.